The van der Waals surface area contributed by atoms with Crippen LogP contribution in [0.4, 0.5) is 0 Å². The highest BCUT2D eigenvalue weighted by atomic mass is 79.9. The highest BCUT2D eigenvalue weighted by molar-refractivity contribution is 9.10. The van der Waals surface area contributed by atoms with Crippen LogP contribution in [0.5, 0.6) is 0 Å². The van der Waals surface area contributed by atoms with E-state index in [4.69, 9.17) is 4.74 Å². The highest BCUT2D eigenvalue weighted by Crippen LogP contribution is 2.17. The lowest BCUT2D eigenvalue weighted by atomic mass is 10.1. The van der Waals surface area contributed by atoms with Crippen LogP contribution in [0.25, 0.3) is 0 Å². The van der Waals surface area contributed by atoms with Crippen LogP contribution < -0.4 is 0 Å². The molecule has 0 fully saturated rings. The summed E-state index contributed by atoms with van der Waals surface area (Å²) in [6.07, 6.45) is 0.895. The molecule has 0 amide bonds. The molecule has 0 N–H and O–H groups in total. The summed E-state index contributed by atoms with van der Waals surface area (Å²) in [5.74, 6) is -0.269. The minimum atomic E-state index is -0.269. The van der Waals surface area contributed by atoms with Crippen LogP contribution in [0.3, 0.4) is 0 Å². The summed E-state index contributed by atoms with van der Waals surface area (Å²) in [5.41, 5.74) is 1.71. The fourth-order valence-electron chi connectivity index (χ4n) is 1.24. The minimum absolute atomic E-state index is 0.269. The summed E-state index contributed by atoms with van der Waals surface area (Å²) in [7, 11) is 0. The average molecular weight is 336 g/mol. The fourth-order valence-corrected chi connectivity index (χ4v) is 2.23. The van der Waals surface area contributed by atoms with Crippen molar-refractivity contribution in [2.75, 3.05) is 11.9 Å². The van der Waals surface area contributed by atoms with Crippen LogP contribution in [-0.2, 0) is 11.2 Å². The van der Waals surface area contributed by atoms with E-state index in [0.29, 0.717) is 12.2 Å². The largest absolute Gasteiger partial charge is 0.462 e. The summed E-state index contributed by atoms with van der Waals surface area (Å²) in [5, 5.41) is 0.881. The second-order valence-corrected chi connectivity index (χ2v) is 4.72. The number of hydrogen-bond acceptors (Lipinski definition) is 2. The maximum Gasteiger partial charge on any atom is 0.338 e. The quantitative estimate of drug-likeness (QED) is 0.621. The third kappa shape index (κ3) is 3.95. The molecule has 82 valence electrons. The van der Waals surface area contributed by atoms with E-state index in [1.165, 1.54) is 0 Å². The first-order chi connectivity index (χ1) is 7.17. The first-order valence-electron chi connectivity index (χ1n) is 4.70. The molecule has 1 rings (SSSR count). The van der Waals surface area contributed by atoms with Gasteiger partial charge >= 0.3 is 5.97 Å². The van der Waals surface area contributed by atoms with Gasteiger partial charge < -0.3 is 4.74 Å². The number of alkyl halides is 1. The van der Waals surface area contributed by atoms with Crippen LogP contribution >= 0.6 is 31.9 Å². The maximum absolute atomic E-state index is 11.5. The van der Waals surface area contributed by atoms with Gasteiger partial charge in [-0.3, -0.25) is 0 Å². The molecule has 0 aliphatic rings. The number of esters is 1. The third-order valence-corrected chi connectivity index (χ3v) is 2.71. The Morgan fingerprint density at radius 2 is 2.13 bits per heavy atom. The summed E-state index contributed by atoms with van der Waals surface area (Å²) < 4.78 is 5.85. The summed E-state index contributed by atoms with van der Waals surface area (Å²) in [6.45, 7) is 2.20. The molecule has 2 nitrogen and oxygen atoms in total. The predicted molar refractivity (Wildman–Crippen MR) is 67.6 cm³/mol. The highest BCUT2D eigenvalue weighted by Gasteiger charge is 2.08. The summed E-state index contributed by atoms with van der Waals surface area (Å²) >= 11 is 6.75. The molecule has 0 aliphatic heterocycles. The topological polar surface area (TPSA) is 26.3 Å². The number of aryl methyl sites for hydroxylation is 1. The third-order valence-electron chi connectivity index (χ3n) is 1.85. The molecule has 0 heterocycles. The van der Waals surface area contributed by atoms with Crippen molar-refractivity contribution in [3.05, 3.63) is 33.8 Å². The second kappa shape index (κ2) is 6.28. The molecule has 0 bridgehead atoms. The number of rotatable bonds is 4. The van der Waals surface area contributed by atoms with E-state index < -0.39 is 0 Å². The number of hydrogen-bond donors (Lipinski definition) is 0. The Kier molecular flexibility index (Phi) is 5.32. The van der Waals surface area contributed by atoms with Crippen LogP contribution in [-0.4, -0.2) is 17.9 Å². The second-order valence-electron chi connectivity index (χ2n) is 3.01. The number of ether oxygens (including phenoxy) is 1. The molecule has 1 aromatic rings. The molecule has 0 atom stereocenters. The van der Waals surface area contributed by atoms with Gasteiger partial charge in [0.2, 0.25) is 0 Å². The van der Waals surface area contributed by atoms with Gasteiger partial charge in [-0.15, -0.1) is 0 Å². The smallest absolute Gasteiger partial charge is 0.338 e. The lowest BCUT2D eigenvalue weighted by Crippen LogP contribution is -2.05. The minimum Gasteiger partial charge on any atom is -0.462 e. The van der Waals surface area contributed by atoms with Gasteiger partial charge in [0.05, 0.1) is 12.2 Å². The predicted octanol–water partition coefficient (Wildman–Crippen LogP) is 3.56. The Labute approximate surface area is 106 Å². The molecule has 0 spiro atoms. The van der Waals surface area contributed by atoms with E-state index in [2.05, 4.69) is 31.9 Å². The first kappa shape index (κ1) is 12.7. The molecular weight excluding hydrogens is 324 g/mol. The van der Waals surface area contributed by atoms with Gasteiger partial charge in [0.15, 0.2) is 0 Å². The van der Waals surface area contributed by atoms with E-state index in [9.17, 15) is 4.79 Å². The van der Waals surface area contributed by atoms with Crippen molar-refractivity contribution in [2.24, 2.45) is 0 Å². The fraction of sp³-hybridized carbons (Fsp3) is 0.364. The molecule has 0 aliphatic carbocycles. The van der Waals surface area contributed by atoms with Gasteiger partial charge in [0.25, 0.3) is 0 Å². The number of carbonyl (C=O) groups excluding carboxylic acids is 1. The Bertz CT molecular complexity index is 350. The molecule has 0 saturated heterocycles. The normalized spacial score (nSPS) is 10.1. The number of halogens is 2. The Balaban J connectivity index is 2.92. The molecule has 0 radical (unpaired) electrons. The molecule has 4 heteroatoms. The number of carbonyl (C=O) groups is 1. The molecule has 1 aromatic carbocycles. The van der Waals surface area contributed by atoms with Crippen LogP contribution in [0.2, 0.25) is 0 Å². The van der Waals surface area contributed by atoms with Crippen molar-refractivity contribution in [3.8, 4) is 0 Å². The van der Waals surface area contributed by atoms with Crippen molar-refractivity contribution in [1.29, 1.82) is 0 Å². The van der Waals surface area contributed by atoms with Crippen LogP contribution in [0.1, 0.15) is 22.8 Å². The van der Waals surface area contributed by atoms with Gasteiger partial charge in [-0.2, -0.15) is 0 Å². The van der Waals surface area contributed by atoms with Crippen LogP contribution in [0, 0.1) is 0 Å². The van der Waals surface area contributed by atoms with Crippen molar-refractivity contribution >= 4 is 37.8 Å². The zero-order chi connectivity index (χ0) is 11.3. The lowest BCUT2D eigenvalue weighted by Gasteiger charge is -2.05. The van der Waals surface area contributed by atoms with Crippen molar-refractivity contribution in [3.63, 3.8) is 0 Å². The summed E-state index contributed by atoms with van der Waals surface area (Å²) in [6, 6.07) is 5.64. The van der Waals surface area contributed by atoms with Gasteiger partial charge in [-0.05, 0) is 37.1 Å². The zero-order valence-electron chi connectivity index (χ0n) is 8.43. The average Bonchev–Trinajstić information content (AvgIpc) is 2.17. The lowest BCUT2D eigenvalue weighted by molar-refractivity contribution is 0.0526. The van der Waals surface area contributed by atoms with Crippen molar-refractivity contribution in [1.82, 2.24) is 0 Å². The SMILES string of the molecule is CCOC(=O)c1cc(Br)cc(CCBr)c1. The van der Waals surface area contributed by atoms with Crippen molar-refractivity contribution in [2.45, 2.75) is 13.3 Å². The van der Waals surface area contributed by atoms with Gasteiger partial charge in [0, 0.05) is 9.80 Å². The van der Waals surface area contributed by atoms with Gasteiger partial charge in [-0.1, -0.05) is 31.9 Å². The zero-order valence-corrected chi connectivity index (χ0v) is 11.6. The molecular formula is C11H12Br2O2. The van der Waals surface area contributed by atoms with Gasteiger partial charge in [0.1, 0.15) is 0 Å². The monoisotopic (exact) mass is 334 g/mol. The first-order valence-corrected chi connectivity index (χ1v) is 6.61. The van der Waals surface area contributed by atoms with Crippen LogP contribution in [0.15, 0.2) is 22.7 Å². The van der Waals surface area contributed by atoms with Gasteiger partial charge in [-0.25, -0.2) is 4.79 Å². The Morgan fingerprint density at radius 1 is 1.40 bits per heavy atom. The molecule has 0 aromatic heterocycles. The van der Waals surface area contributed by atoms with E-state index in [-0.39, 0.29) is 5.97 Å². The Morgan fingerprint density at radius 3 is 2.73 bits per heavy atom. The van der Waals surface area contributed by atoms with E-state index >= 15 is 0 Å². The molecule has 0 unspecified atom stereocenters. The molecule has 15 heavy (non-hydrogen) atoms. The maximum atomic E-state index is 11.5. The Hall–Kier alpha value is -0.350. The molecule has 0 saturated carbocycles. The van der Waals surface area contributed by atoms with Crippen molar-refractivity contribution < 1.29 is 9.53 Å². The van der Waals surface area contributed by atoms with E-state index in [1.54, 1.807) is 13.0 Å². The van der Waals surface area contributed by atoms with E-state index in [0.717, 1.165) is 21.8 Å². The van der Waals surface area contributed by atoms with E-state index in [1.807, 2.05) is 12.1 Å². The summed E-state index contributed by atoms with van der Waals surface area (Å²) in [4.78, 5) is 11.5. The number of benzene rings is 1. The standard InChI is InChI=1S/C11H12Br2O2/c1-2-15-11(14)9-5-8(3-4-12)6-10(13)7-9/h5-7H,2-4H2,1H3.